The van der Waals surface area contributed by atoms with Crippen LogP contribution in [0.4, 0.5) is 17.1 Å². The minimum Gasteiger partial charge on any atom is -0.454 e. The molecule has 0 saturated heterocycles. The van der Waals surface area contributed by atoms with Gasteiger partial charge in [0.05, 0.1) is 11.4 Å². The molecule has 2 nitrogen and oxygen atoms in total. The molecule has 2 heteroatoms. The molecule has 13 rings (SSSR count). The topological polar surface area (TPSA) is 16.4 Å². The lowest BCUT2D eigenvalue weighted by Gasteiger charge is -2.73. The molecule has 6 aromatic carbocycles. The highest BCUT2D eigenvalue weighted by Crippen LogP contribution is 2.86. The van der Waals surface area contributed by atoms with Crippen LogP contribution in [0.2, 0.25) is 0 Å². The highest BCUT2D eigenvalue weighted by Gasteiger charge is 2.80. The number of rotatable bonds is 6. The normalized spacial score (nSPS) is 26.9. The zero-order valence-corrected chi connectivity index (χ0v) is 32.9. The maximum atomic E-state index is 6.80. The van der Waals surface area contributed by atoms with Crippen molar-refractivity contribution in [3.63, 3.8) is 0 Å². The summed E-state index contributed by atoms with van der Waals surface area (Å²) in [5.74, 6) is 2.96. The Morgan fingerprint density at radius 2 is 1.46 bits per heavy atom. The third kappa shape index (κ3) is 4.16. The SMILES string of the molecule is CC1(C)C2=C(C=CCC2)c2ccc(N(c3ccc(-c4ccc(C56CC7CC8CC(C5)C86C7)cc4)cc3-c3ccccc3)c3cccc4c3oc3ccccc34)cc21. The molecule has 57 heavy (non-hydrogen) atoms. The Hall–Kier alpha value is -5.60. The summed E-state index contributed by atoms with van der Waals surface area (Å²) in [7, 11) is 0. The van der Waals surface area contributed by atoms with Crippen LogP contribution in [0.3, 0.4) is 0 Å². The minimum atomic E-state index is -0.0437. The highest BCUT2D eigenvalue weighted by molar-refractivity contribution is 6.11. The Labute approximate surface area is 335 Å². The first-order valence-corrected chi connectivity index (χ1v) is 21.5. The molecule has 5 atom stereocenters. The molecular formula is C55H47NO. The van der Waals surface area contributed by atoms with Gasteiger partial charge in [-0.1, -0.05) is 129 Å². The molecule has 0 amide bonds. The predicted octanol–water partition coefficient (Wildman–Crippen LogP) is 14.9. The molecule has 7 aromatic rings. The number of benzene rings is 6. The van der Waals surface area contributed by atoms with Crippen LogP contribution < -0.4 is 4.90 Å². The average Bonchev–Trinajstić information content (AvgIpc) is 3.96. The summed E-state index contributed by atoms with van der Waals surface area (Å²) >= 11 is 0. The van der Waals surface area contributed by atoms with Crippen molar-refractivity contribution < 1.29 is 4.42 Å². The molecule has 6 aliphatic carbocycles. The van der Waals surface area contributed by atoms with E-state index in [0.717, 1.165) is 69.6 Å². The summed E-state index contributed by atoms with van der Waals surface area (Å²) in [6, 6.07) is 50.2. The summed E-state index contributed by atoms with van der Waals surface area (Å²) in [6.07, 6.45) is 14.3. The summed E-state index contributed by atoms with van der Waals surface area (Å²) in [4.78, 5) is 2.47. The van der Waals surface area contributed by atoms with E-state index in [9.17, 15) is 0 Å². The fourth-order valence-corrected chi connectivity index (χ4v) is 13.9. The lowest BCUT2D eigenvalue weighted by atomic mass is 9.31. The third-order valence-corrected chi connectivity index (χ3v) is 16.3. The molecule has 2 bridgehead atoms. The monoisotopic (exact) mass is 737 g/mol. The number of allylic oxidation sites excluding steroid dienone is 4. The molecule has 0 radical (unpaired) electrons. The van der Waals surface area contributed by atoms with Crippen molar-refractivity contribution in [3.05, 3.63) is 168 Å². The van der Waals surface area contributed by atoms with E-state index in [2.05, 4.69) is 164 Å². The van der Waals surface area contributed by atoms with Crippen LogP contribution in [0.25, 0.3) is 49.8 Å². The summed E-state index contributed by atoms with van der Waals surface area (Å²) in [5.41, 5.74) is 18.5. The van der Waals surface area contributed by atoms with Gasteiger partial charge in [-0.05, 0) is 143 Å². The number of para-hydroxylation sites is 2. The van der Waals surface area contributed by atoms with Gasteiger partial charge in [0, 0.05) is 32.9 Å². The first-order chi connectivity index (χ1) is 27.9. The Morgan fingerprint density at radius 1 is 0.632 bits per heavy atom. The largest absolute Gasteiger partial charge is 0.454 e. The van der Waals surface area contributed by atoms with Crippen LogP contribution in [0, 0.1) is 23.2 Å². The minimum absolute atomic E-state index is 0.0437. The summed E-state index contributed by atoms with van der Waals surface area (Å²) < 4.78 is 6.80. The standard InChI is InChI=1S/C55H47NO/c1-53(2)47-16-8-6-13-42(47)43-25-24-41(30-48(43)53)56(50-17-10-15-45-44-14-7-9-18-51(44)57-52(45)50)49-26-21-37(28-46(49)36-11-4-3-5-12-36)35-19-22-38(23-20-35)54-31-34-27-39-29-40(33-54)55(39,54)32-34/h3-7,9-15,17-26,28,30,34,39-40H,8,16,27,29,31-33H2,1-2H3. The number of fused-ring (bicyclic) bond motifs is 6. The summed E-state index contributed by atoms with van der Waals surface area (Å²) in [6.45, 7) is 4.84. The smallest absolute Gasteiger partial charge is 0.159 e. The van der Waals surface area contributed by atoms with E-state index in [4.69, 9.17) is 4.42 Å². The molecule has 1 spiro atoms. The first-order valence-electron chi connectivity index (χ1n) is 21.5. The van der Waals surface area contributed by atoms with Crippen molar-refractivity contribution in [1.29, 1.82) is 0 Å². The van der Waals surface area contributed by atoms with Gasteiger partial charge in [0.15, 0.2) is 5.58 Å². The zero-order valence-electron chi connectivity index (χ0n) is 32.9. The number of hydrogen-bond acceptors (Lipinski definition) is 2. The fourth-order valence-electron chi connectivity index (χ4n) is 13.9. The van der Waals surface area contributed by atoms with Crippen molar-refractivity contribution in [1.82, 2.24) is 0 Å². The number of nitrogens with zero attached hydrogens (tertiary/aromatic N) is 1. The van der Waals surface area contributed by atoms with Crippen molar-refractivity contribution in [2.75, 3.05) is 4.90 Å². The van der Waals surface area contributed by atoms with E-state index < -0.39 is 0 Å². The van der Waals surface area contributed by atoms with Gasteiger partial charge in [-0.3, -0.25) is 0 Å². The Bertz CT molecular complexity index is 2890. The highest BCUT2D eigenvalue weighted by atomic mass is 16.3. The molecule has 6 aliphatic rings. The van der Waals surface area contributed by atoms with E-state index in [1.165, 1.54) is 71.1 Å². The Balaban J connectivity index is 0.984. The van der Waals surface area contributed by atoms with Crippen LogP contribution in [0.5, 0.6) is 0 Å². The zero-order chi connectivity index (χ0) is 37.7. The van der Waals surface area contributed by atoms with Gasteiger partial charge in [-0.2, -0.15) is 0 Å². The number of hydrogen-bond donors (Lipinski definition) is 0. The quantitative estimate of drug-likeness (QED) is 0.169. The first kappa shape index (κ1) is 32.5. The summed E-state index contributed by atoms with van der Waals surface area (Å²) in [5, 5.41) is 2.28. The molecule has 4 fully saturated rings. The molecule has 0 N–H and O–H groups in total. The maximum absolute atomic E-state index is 6.80. The van der Waals surface area contributed by atoms with Crippen molar-refractivity contribution in [3.8, 4) is 22.3 Å². The predicted molar refractivity (Wildman–Crippen MR) is 235 cm³/mol. The lowest BCUT2D eigenvalue weighted by molar-refractivity contribution is -0.198. The van der Waals surface area contributed by atoms with Gasteiger partial charge in [-0.15, -0.1) is 0 Å². The average molecular weight is 738 g/mol. The van der Waals surface area contributed by atoms with Gasteiger partial charge in [0.2, 0.25) is 0 Å². The van der Waals surface area contributed by atoms with Gasteiger partial charge in [0.1, 0.15) is 5.58 Å². The van der Waals surface area contributed by atoms with Crippen LogP contribution in [-0.4, -0.2) is 0 Å². The van der Waals surface area contributed by atoms with Crippen molar-refractivity contribution in [2.24, 2.45) is 23.2 Å². The number of furan rings is 1. The lowest BCUT2D eigenvalue weighted by Crippen LogP contribution is -2.68. The molecule has 5 unspecified atom stereocenters. The van der Waals surface area contributed by atoms with Gasteiger partial charge in [-0.25, -0.2) is 0 Å². The molecular weight excluding hydrogens is 691 g/mol. The molecule has 278 valence electrons. The van der Waals surface area contributed by atoms with Crippen molar-refractivity contribution >= 4 is 44.6 Å². The van der Waals surface area contributed by atoms with E-state index in [1.54, 1.807) is 11.1 Å². The maximum Gasteiger partial charge on any atom is 0.159 e. The Kier molecular flexibility index (Phi) is 6.43. The third-order valence-electron chi connectivity index (χ3n) is 16.3. The fraction of sp³-hybridized carbons (Fsp3) is 0.273. The van der Waals surface area contributed by atoms with E-state index >= 15 is 0 Å². The van der Waals surface area contributed by atoms with Gasteiger partial charge >= 0.3 is 0 Å². The second-order valence-corrected chi connectivity index (χ2v) is 18.9. The molecule has 0 aliphatic heterocycles. The van der Waals surface area contributed by atoms with E-state index in [-0.39, 0.29) is 5.41 Å². The van der Waals surface area contributed by atoms with Gasteiger partial charge in [0.25, 0.3) is 0 Å². The number of anilines is 3. The molecule has 1 heterocycles. The van der Waals surface area contributed by atoms with Crippen LogP contribution in [-0.2, 0) is 10.8 Å². The van der Waals surface area contributed by atoms with Crippen LogP contribution in [0.1, 0.15) is 75.5 Å². The van der Waals surface area contributed by atoms with Crippen LogP contribution in [0.15, 0.2) is 156 Å². The Morgan fingerprint density at radius 3 is 2.32 bits per heavy atom. The van der Waals surface area contributed by atoms with Crippen molar-refractivity contribution in [2.45, 2.75) is 69.6 Å². The molecule has 4 saturated carbocycles. The second-order valence-electron chi connectivity index (χ2n) is 18.9. The van der Waals surface area contributed by atoms with E-state index in [1.807, 2.05) is 0 Å². The van der Waals surface area contributed by atoms with Gasteiger partial charge < -0.3 is 9.32 Å². The second kappa shape index (κ2) is 11.3. The van der Waals surface area contributed by atoms with Crippen LogP contribution >= 0.6 is 0 Å². The molecule has 1 aromatic heterocycles. The van der Waals surface area contributed by atoms with E-state index in [0.29, 0.717) is 10.8 Å².